The molecule has 0 radical (unpaired) electrons. The number of likely N-dealkylation sites (tertiary alicyclic amines) is 1. The molecule has 0 aromatic heterocycles. The highest BCUT2D eigenvalue weighted by atomic mass is 19.1. The number of nitrogens with zero attached hydrogens (tertiary/aromatic N) is 1. The lowest BCUT2D eigenvalue weighted by molar-refractivity contribution is -0.147. The first-order valence-corrected chi connectivity index (χ1v) is 7.17. The van der Waals surface area contributed by atoms with Crippen LogP contribution in [0.4, 0.5) is 4.39 Å². The third-order valence-electron chi connectivity index (χ3n) is 4.72. The summed E-state index contributed by atoms with van der Waals surface area (Å²) in [5.74, 6) is 0.0529. The van der Waals surface area contributed by atoms with Crippen molar-refractivity contribution in [2.75, 3.05) is 6.54 Å². The van der Waals surface area contributed by atoms with Crippen LogP contribution in [0.15, 0.2) is 24.3 Å². The van der Waals surface area contributed by atoms with Crippen LogP contribution in [0.1, 0.15) is 50.6 Å². The van der Waals surface area contributed by atoms with Gasteiger partial charge in [0, 0.05) is 12.0 Å². The van der Waals surface area contributed by atoms with Crippen molar-refractivity contribution in [3.63, 3.8) is 0 Å². The maximum absolute atomic E-state index is 13.4. The summed E-state index contributed by atoms with van der Waals surface area (Å²) in [5.41, 5.74) is 0.782. The van der Waals surface area contributed by atoms with Gasteiger partial charge in [0.2, 0.25) is 5.91 Å². The predicted molar refractivity (Wildman–Crippen MR) is 72.0 cm³/mol. The summed E-state index contributed by atoms with van der Waals surface area (Å²) < 4.78 is 13.4. The number of carbonyl (C=O) groups is 1. The van der Waals surface area contributed by atoms with Crippen molar-refractivity contribution in [1.29, 1.82) is 0 Å². The fourth-order valence-corrected chi connectivity index (χ4v) is 3.34. The number of rotatable bonds is 2. The molecule has 1 amide bonds. The van der Waals surface area contributed by atoms with Crippen molar-refractivity contribution in [2.24, 2.45) is 5.41 Å². The fourth-order valence-electron chi connectivity index (χ4n) is 3.34. The van der Waals surface area contributed by atoms with Crippen LogP contribution >= 0.6 is 0 Å². The molecule has 2 aliphatic rings. The van der Waals surface area contributed by atoms with Crippen molar-refractivity contribution in [3.05, 3.63) is 35.6 Å². The highest BCUT2D eigenvalue weighted by molar-refractivity contribution is 5.83. The molecule has 1 atom stereocenters. The molecule has 3 rings (SSSR count). The van der Waals surface area contributed by atoms with Gasteiger partial charge in [-0.05, 0) is 43.4 Å². The summed E-state index contributed by atoms with van der Waals surface area (Å²) in [4.78, 5) is 14.6. The van der Waals surface area contributed by atoms with Gasteiger partial charge in [-0.25, -0.2) is 4.39 Å². The van der Waals surface area contributed by atoms with E-state index in [1.807, 2.05) is 11.0 Å². The summed E-state index contributed by atoms with van der Waals surface area (Å²) >= 11 is 0. The first kappa shape index (κ1) is 12.6. The van der Waals surface area contributed by atoms with Gasteiger partial charge in [0.1, 0.15) is 5.82 Å². The molecule has 2 nitrogen and oxygen atoms in total. The van der Waals surface area contributed by atoms with Gasteiger partial charge in [-0.3, -0.25) is 4.79 Å². The number of carbonyl (C=O) groups excluding carboxylic acids is 1. The maximum Gasteiger partial charge on any atom is 0.229 e. The maximum atomic E-state index is 13.4. The van der Waals surface area contributed by atoms with Gasteiger partial charge in [0.15, 0.2) is 0 Å². The van der Waals surface area contributed by atoms with Crippen LogP contribution in [0.2, 0.25) is 0 Å². The molecular weight excluding hydrogens is 241 g/mol. The highest BCUT2D eigenvalue weighted by Gasteiger charge is 2.44. The second-order valence-corrected chi connectivity index (χ2v) is 6.13. The van der Waals surface area contributed by atoms with Gasteiger partial charge in [0.05, 0.1) is 6.04 Å². The summed E-state index contributed by atoms with van der Waals surface area (Å²) in [7, 11) is 0. The fraction of sp³-hybridized carbons (Fsp3) is 0.562. The first-order chi connectivity index (χ1) is 9.10. The second-order valence-electron chi connectivity index (χ2n) is 6.13. The Bertz CT molecular complexity index is 495. The molecule has 1 saturated carbocycles. The zero-order valence-electron chi connectivity index (χ0n) is 11.4. The van der Waals surface area contributed by atoms with E-state index >= 15 is 0 Å². The molecular formula is C16H20FNO. The summed E-state index contributed by atoms with van der Waals surface area (Å²) in [6, 6.07) is 6.76. The zero-order valence-corrected chi connectivity index (χ0v) is 11.4. The van der Waals surface area contributed by atoms with E-state index < -0.39 is 0 Å². The highest BCUT2D eigenvalue weighted by Crippen LogP contribution is 2.45. The Hall–Kier alpha value is -1.38. The van der Waals surface area contributed by atoms with Crippen LogP contribution in [0.3, 0.4) is 0 Å². The Kier molecular flexibility index (Phi) is 3.08. The monoisotopic (exact) mass is 261 g/mol. The average molecular weight is 261 g/mol. The zero-order chi connectivity index (χ0) is 13.5. The smallest absolute Gasteiger partial charge is 0.229 e. The van der Waals surface area contributed by atoms with Crippen LogP contribution in [0.25, 0.3) is 0 Å². The van der Waals surface area contributed by atoms with E-state index in [4.69, 9.17) is 0 Å². The molecule has 1 aromatic carbocycles. The SMILES string of the molecule is CC1(C(=O)N2CCCC2c2cccc(F)c2)CCC1. The molecule has 0 N–H and O–H groups in total. The van der Waals surface area contributed by atoms with Crippen molar-refractivity contribution in [1.82, 2.24) is 4.90 Å². The molecule has 1 aliphatic heterocycles. The molecule has 1 unspecified atom stereocenters. The minimum atomic E-state index is -0.216. The van der Waals surface area contributed by atoms with E-state index in [1.54, 1.807) is 12.1 Å². The number of benzene rings is 1. The minimum Gasteiger partial charge on any atom is -0.335 e. The lowest BCUT2D eigenvalue weighted by atomic mass is 9.69. The van der Waals surface area contributed by atoms with Gasteiger partial charge in [-0.2, -0.15) is 0 Å². The van der Waals surface area contributed by atoms with E-state index in [1.165, 1.54) is 6.07 Å². The van der Waals surface area contributed by atoms with Crippen molar-refractivity contribution in [2.45, 2.75) is 45.1 Å². The Morgan fingerprint density at radius 1 is 1.37 bits per heavy atom. The van der Waals surface area contributed by atoms with Gasteiger partial charge in [0.25, 0.3) is 0 Å². The number of hydrogen-bond donors (Lipinski definition) is 0. The molecule has 0 bridgehead atoms. The lowest BCUT2D eigenvalue weighted by Crippen LogP contribution is -2.45. The normalized spacial score (nSPS) is 25.2. The van der Waals surface area contributed by atoms with Crippen LogP contribution in [-0.4, -0.2) is 17.4 Å². The number of hydrogen-bond acceptors (Lipinski definition) is 1. The van der Waals surface area contributed by atoms with E-state index in [0.717, 1.165) is 44.2 Å². The van der Waals surface area contributed by atoms with E-state index in [9.17, 15) is 9.18 Å². The van der Waals surface area contributed by atoms with Crippen molar-refractivity contribution < 1.29 is 9.18 Å². The van der Waals surface area contributed by atoms with Gasteiger partial charge < -0.3 is 4.90 Å². The second kappa shape index (κ2) is 4.62. The van der Waals surface area contributed by atoms with Gasteiger partial charge >= 0.3 is 0 Å². The molecule has 1 aromatic rings. The van der Waals surface area contributed by atoms with Crippen LogP contribution in [0.5, 0.6) is 0 Å². The Balaban J connectivity index is 1.83. The average Bonchev–Trinajstić information content (AvgIpc) is 2.84. The molecule has 0 spiro atoms. The molecule has 2 fully saturated rings. The summed E-state index contributed by atoms with van der Waals surface area (Å²) in [5, 5.41) is 0. The Labute approximate surface area is 113 Å². The molecule has 1 saturated heterocycles. The molecule has 19 heavy (non-hydrogen) atoms. The Morgan fingerprint density at radius 3 is 2.79 bits per heavy atom. The number of amides is 1. The van der Waals surface area contributed by atoms with Crippen LogP contribution in [-0.2, 0) is 4.79 Å². The third-order valence-corrected chi connectivity index (χ3v) is 4.72. The lowest BCUT2D eigenvalue weighted by Gasteiger charge is -2.41. The quantitative estimate of drug-likeness (QED) is 0.795. The topological polar surface area (TPSA) is 20.3 Å². The largest absolute Gasteiger partial charge is 0.335 e. The minimum absolute atomic E-state index is 0.0700. The van der Waals surface area contributed by atoms with Crippen molar-refractivity contribution >= 4 is 5.91 Å². The van der Waals surface area contributed by atoms with Crippen molar-refractivity contribution in [3.8, 4) is 0 Å². The molecule has 1 aliphatic carbocycles. The van der Waals surface area contributed by atoms with E-state index in [-0.39, 0.29) is 23.2 Å². The predicted octanol–water partition coefficient (Wildman–Crippen LogP) is 3.68. The first-order valence-electron chi connectivity index (χ1n) is 7.17. The van der Waals surface area contributed by atoms with Gasteiger partial charge in [-0.15, -0.1) is 0 Å². The van der Waals surface area contributed by atoms with E-state index in [2.05, 4.69) is 6.92 Å². The third kappa shape index (κ3) is 2.15. The standard InChI is InChI=1S/C16H20FNO/c1-16(8-4-9-16)15(19)18-10-3-7-14(18)12-5-2-6-13(17)11-12/h2,5-6,11,14H,3-4,7-10H2,1H3. The molecule has 1 heterocycles. The summed E-state index contributed by atoms with van der Waals surface area (Å²) in [6.45, 7) is 2.88. The number of halogens is 1. The van der Waals surface area contributed by atoms with Gasteiger partial charge in [-0.1, -0.05) is 25.5 Å². The van der Waals surface area contributed by atoms with Crippen LogP contribution in [0, 0.1) is 11.2 Å². The molecule has 3 heteroatoms. The van der Waals surface area contributed by atoms with E-state index in [0.29, 0.717) is 0 Å². The Morgan fingerprint density at radius 2 is 2.16 bits per heavy atom. The van der Waals surface area contributed by atoms with Crippen LogP contribution < -0.4 is 0 Å². The summed E-state index contributed by atoms with van der Waals surface area (Å²) in [6.07, 6.45) is 5.12. The molecule has 102 valence electrons.